The van der Waals surface area contributed by atoms with E-state index in [1.54, 1.807) is 11.3 Å². The first-order valence-electron chi connectivity index (χ1n) is 5.75. The quantitative estimate of drug-likeness (QED) is 0.739. The van der Waals surface area contributed by atoms with Crippen LogP contribution in [0.3, 0.4) is 0 Å². The highest BCUT2D eigenvalue weighted by atomic mass is 32.1. The van der Waals surface area contributed by atoms with Gasteiger partial charge in [-0.25, -0.2) is 4.98 Å². The molecule has 0 fully saturated rings. The lowest BCUT2D eigenvalue weighted by atomic mass is 10.2. The second-order valence-corrected chi connectivity index (χ2v) is 4.92. The topological polar surface area (TPSA) is 24.9 Å². The Hall–Kier alpha value is -2.13. The van der Waals surface area contributed by atoms with Crippen LogP contribution in [-0.4, -0.2) is 4.98 Å². The summed E-state index contributed by atoms with van der Waals surface area (Å²) in [6, 6.07) is 20.4. The molecule has 0 aliphatic carbocycles. The molecule has 0 saturated heterocycles. The minimum absolute atomic E-state index is 0.917. The van der Waals surface area contributed by atoms with E-state index in [2.05, 4.69) is 22.4 Å². The van der Waals surface area contributed by atoms with Crippen LogP contribution in [-0.2, 0) is 0 Å². The normalized spacial score (nSPS) is 10.2. The molecule has 3 aromatic rings. The third kappa shape index (κ3) is 2.41. The lowest BCUT2D eigenvalue weighted by Crippen LogP contribution is -1.87. The molecule has 2 aromatic carbocycles. The molecule has 0 aliphatic heterocycles. The lowest BCUT2D eigenvalue weighted by molar-refractivity contribution is 1.39. The number of benzene rings is 2. The fourth-order valence-electron chi connectivity index (χ4n) is 1.71. The highest BCUT2D eigenvalue weighted by Crippen LogP contribution is 2.30. The van der Waals surface area contributed by atoms with E-state index in [0.29, 0.717) is 0 Å². The van der Waals surface area contributed by atoms with Crippen LogP contribution in [0.1, 0.15) is 0 Å². The van der Waals surface area contributed by atoms with E-state index in [9.17, 15) is 0 Å². The van der Waals surface area contributed by atoms with Crippen molar-refractivity contribution in [2.24, 2.45) is 0 Å². The van der Waals surface area contributed by atoms with E-state index in [1.165, 1.54) is 10.4 Å². The second kappa shape index (κ2) is 5.02. The lowest BCUT2D eigenvalue weighted by Gasteiger charge is -2.00. The molecule has 0 radical (unpaired) electrons. The molecule has 18 heavy (non-hydrogen) atoms. The molecule has 1 N–H and O–H groups in total. The number of para-hydroxylation sites is 1. The predicted molar refractivity (Wildman–Crippen MR) is 77.3 cm³/mol. The van der Waals surface area contributed by atoms with Crippen molar-refractivity contribution < 1.29 is 0 Å². The van der Waals surface area contributed by atoms with Gasteiger partial charge in [0.2, 0.25) is 0 Å². The van der Waals surface area contributed by atoms with Crippen molar-refractivity contribution in [3.05, 3.63) is 66.9 Å². The van der Waals surface area contributed by atoms with Crippen LogP contribution in [0.4, 0.5) is 10.8 Å². The molecule has 0 spiro atoms. The molecule has 1 aromatic heterocycles. The molecule has 3 rings (SSSR count). The number of nitrogens with one attached hydrogen (secondary N) is 1. The number of hydrogen-bond donors (Lipinski definition) is 1. The smallest absolute Gasteiger partial charge is 0.187 e. The molecule has 1 heterocycles. The standard InChI is InChI=1S/C15H12N2S/c1-3-7-12(8-4-1)14-11-16-15(18-14)17-13-9-5-2-6-10-13/h1-11H,(H,16,17). The Morgan fingerprint density at radius 2 is 1.50 bits per heavy atom. The Morgan fingerprint density at radius 3 is 2.22 bits per heavy atom. The Bertz CT molecular complexity index is 617. The first-order valence-corrected chi connectivity index (χ1v) is 6.57. The van der Waals surface area contributed by atoms with Gasteiger partial charge in [-0.15, -0.1) is 0 Å². The maximum atomic E-state index is 4.40. The van der Waals surface area contributed by atoms with E-state index in [1.807, 2.05) is 54.7 Å². The van der Waals surface area contributed by atoms with Crippen molar-refractivity contribution in [3.63, 3.8) is 0 Å². The van der Waals surface area contributed by atoms with Crippen molar-refractivity contribution in [1.29, 1.82) is 0 Å². The summed E-state index contributed by atoms with van der Waals surface area (Å²) in [4.78, 5) is 5.57. The van der Waals surface area contributed by atoms with E-state index < -0.39 is 0 Å². The van der Waals surface area contributed by atoms with Gasteiger partial charge in [-0.2, -0.15) is 0 Å². The molecule has 0 aliphatic rings. The van der Waals surface area contributed by atoms with Crippen molar-refractivity contribution in [3.8, 4) is 10.4 Å². The molecular weight excluding hydrogens is 240 g/mol. The highest BCUT2D eigenvalue weighted by molar-refractivity contribution is 7.18. The third-order valence-electron chi connectivity index (χ3n) is 2.59. The van der Waals surface area contributed by atoms with E-state index in [4.69, 9.17) is 0 Å². The summed E-state index contributed by atoms with van der Waals surface area (Å²) in [6.07, 6.45) is 1.91. The van der Waals surface area contributed by atoms with Crippen molar-refractivity contribution >= 4 is 22.2 Å². The molecule has 0 unspecified atom stereocenters. The Morgan fingerprint density at radius 1 is 0.833 bits per heavy atom. The van der Waals surface area contributed by atoms with Gasteiger partial charge in [-0.05, 0) is 17.7 Å². The Balaban J connectivity index is 1.82. The van der Waals surface area contributed by atoms with Gasteiger partial charge < -0.3 is 5.32 Å². The fourth-order valence-corrected chi connectivity index (χ4v) is 2.55. The van der Waals surface area contributed by atoms with Crippen LogP contribution in [0, 0.1) is 0 Å². The number of rotatable bonds is 3. The summed E-state index contributed by atoms with van der Waals surface area (Å²) in [6.45, 7) is 0. The summed E-state index contributed by atoms with van der Waals surface area (Å²) < 4.78 is 0. The molecular formula is C15H12N2S. The number of nitrogens with zero attached hydrogens (tertiary/aromatic N) is 1. The van der Waals surface area contributed by atoms with Crippen LogP contribution in [0.15, 0.2) is 66.9 Å². The van der Waals surface area contributed by atoms with Crippen LogP contribution in [0.2, 0.25) is 0 Å². The van der Waals surface area contributed by atoms with E-state index in [-0.39, 0.29) is 0 Å². The Labute approximate surface area is 110 Å². The summed E-state index contributed by atoms with van der Waals surface area (Å²) in [5.41, 5.74) is 2.27. The van der Waals surface area contributed by atoms with Gasteiger partial charge in [0.1, 0.15) is 0 Å². The maximum absolute atomic E-state index is 4.40. The van der Waals surface area contributed by atoms with Gasteiger partial charge in [0.15, 0.2) is 5.13 Å². The maximum Gasteiger partial charge on any atom is 0.187 e. The fraction of sp³-hybridized carbons (Fsp3) is 0. The summed E-state index contributed by atoms with van der Waals surface area (Å²) >= 11 is 1.66. The van der Waals surface area contributed by atoms with E-state index >= 15 is 0 Å². The van der Waals surface area contributed by atoms with Gasteiger partial charge >= 0.3 is 0 Å². The van der Waals surface area contributed by atoms with Gasteiger partial charge in [-0.3, -0.25) is 0 Å². The molecule has 3 heteroatoms. The minimum Gasteiger partial charge on any atom is -0.332 e. The monoisotopic (exact) mass is 252 g/mol. The van der Waals surface area contributed by atoms with Crippen molar-refractivity contribution in [2.75, 3.05) is 5.32 Å². The summed E-state index contributed by atoms with van der Waals surface area (Å²) in [5.74, 6) is 0. The van der Waals surface area contributed by atoms with Gasteiger partial charge in [0.25, 0.3) is 0 Å². The summed E-state index contributed by atoms with van der Waals surface area (Å²) in [7, 11) is 0. The molecule has 0 bridgehead atoms. The van der Waals surface area contributed by atoms with Crippen LogP contribution < -0.4 is 5.32 Å². The third-order valence-corrected chi connectivity index (χ3v) is 3.55. The second-order valence-electron chi connectivity index (χ2n) is 3.89. The predicted octanol–water partition coefficient (Wildman–Crippen LogP) is 4.55. The van der Waals surface area contributed by atoms with Gasteiger partial charge in [-0.1, -0.05) is 59.9 Å². The zero-order chi connectivity index (χ0) is 12.2. The van der Waals surface area contributed by atoms with Gasteiger partial charge in [0, 0.05) is 11.9 Å². The summed E-state index contributed by atoms with van der Waals surface area (Å²) in [5, 5.41) is 4.22. The molecule has 88 valence electrons. The Kier molecular flexibility index (Phi) is 3.07. The average Bonchev–Trinajstić information content (AvgIpc) is 2.89. The highest BCUT2D eigenvalue weighted by Gasteiger charge is 2.03. The zero-order valence-corrected chi connectivity index (χ0v) is 10.5. The minimum atomic E-state index is 0.917. The SMILES string of the molecule is c1ccc(Nc2ncc(-c3ccccc3)s2)cc1. The van der Waals surface area contributed by atoms with Crippen LogP contribution >= 0.6 is 11.3 Å². The first kappa shape index (κ1) is 11.0. The number of hydrogen-bond acceptors (Lipinski definition) is 3. The zero-order valence-electron chi connectivity index (χ0n) is 9.71. The van der Waals surface area contributed by atoms with Crippen molar-refractivity contribution in [2.45, 2.75) is 0 Å². The number of thiazole rings is 1. The average molecular weight is 252 g/mol. The molecule has 0 amide bonds. The van der Waals surface area contributed by atoms with E-state index in [0.717, 1.165) is 10.8 Å². The largest absolute Gasteiger partial charge is 0.332 e. The number of aromatic nitrogens is 1. The molecule has 2 nitrogen and oxygen atoms in total. The van der Waals surface area contributed by atoms with Crippen LogP contribution in [0.25, 0.3) is 10.4 Å². The molecule has 0 atom stereocenters. The first-order chi connectivity index (χ1) is 8.92. The van der Waals surface area contributed by atoms with Crippen LogP contribution in [0.5, 0.6) is 0 Å². The molecule has 0 saturated carbocycles. The van der Waals surface area contributed by atoms with Crippen molar-refractivity contribution in [1.82, 2.24) is 4.98 Å². The van der Waals surface area contributed by atoms with Gasteiger partial charge in [0.05, 0.1) is 4.88 Å². The number of anilines is 2.